The molecule has 7 heteroatoms. The van der Waals surface area contributed by atoms with E-state index >= 15 is 0 Å². The number of anilines is 2. The molecule has 0 aliphatic heterocycles. The van der Waals surface area contributed by atoms with Gasteiger partial charge in [0, 0.05) is 5.69 Å². The van der Waals surface area contributed by atoms with Crippen LogP contribution in [-0.2, 0) is 11.0 Å². The predicted octanol–water partition coefficient (Wildman–Crippen LogP) is 6.09. The largest absolute Gasteiger partial charge is 0.416 e. The van der Waals surface area contributed by atoms with E-state index in [1.807, 2.05) is 37.3 Å². The maximum absolute atomic E-state index is 12.9. The fraction of sp³-hybridized carbons (Fsp3) is 0.167. The average molecular weight is 426 g/mol. The van der Waals surface area contributed by atoms with Gasteiger partial charge in [-0.05, 0) is 42.3 Å². The van der Waals surface area contributed by atoms with Gasteiger partial charge in [0.05, 0.1) is 22.7 Å². The average Bonchev–Trinajstić information content (AvgIpc) is 2.75. The number of carbonyl (C=O) groups is 2. The molecule has 3 aromatic rings. The van der Waals surface area contributed by atoms with Gasteiger partial charge in [-0.25, -0.2) is 0 Å². The van der Waals surface area contributed by atoms with E-state index in [9.17, 15) is 22.8 Å². The molecule has 2 N–H and O–H groups in total. The zero-order valence-electron chi connectivity index (χ0n) is 16.7. The highest BCUT2D eigenvalue weighted by atomic mass is 19.4. The van der Waals surface area contributed by atoms with Gasteiger partial charge in [-0.3, -0.25) is 9.59 Å². The first kappa shape index (κ1) is 22.1. The normalized spacial score (nSPS) is 12.1. The van der Waals surface area contributed by atoms with E-state index < -0.39 is 23.6 Å². The molecule has 0 unspecified atom stereocenters. The monoisotopic (exact) mass is 426 g/mol. The Balaban J connectivity index is 1.80. The van der Waals surface area contributed by atoms with Crippen LogP contribution in [0.2, 0.25) is 0 Å². The van der Waals surface area contributed by atoms with Gasteiger partial charge in [0.15, 0.2) is 0 Å². The molecule has 0 bridgehead atoms. The van der Waals surface area contributed by atoms with Gasteiger partial charge in [0.2, 0.25) is 5.91 Å². The highest BCUT2D eigenvalue weighted by molar-refractivity contribution is 6.10. The Morgan fingerprint density at radius 3 is 2.23 bits per heavy atom. The molecule has 0 aliphatic carbocycles. The van der Waals surface area contributed by atoms with Crippen molar-refractivity contribution in [1.82, 2.24) is 0 Å². The Kier molecular flexibility index (Phi) is 6.74. The number of carbonyl (C=O) groups excluding carboxylic acids is 2. The predicted molar refractivity (Wildman–Crippen MR) is 114 cm³/mol. The van der Waals surface area contributed by atoms with Crippen LogP contribution in [0, 0.1) is 0 Å². The summed E-state index contributed by atoms with van der Waals surface area (Å²) in [6.45, 7) is 1.89. The number of benzene rings is 3. The Hall–Kier alpha value is -3.61. The summed E-state index contributed by atoms with van der Waals surface area (Å²) in [5, 5.41) is 5.25. The summed E-state index contributed by atoms with van der Waals surface area (Å²) in [6.07, 6.45) is -3.95. The van der Waals surface area contributed by atoms with Gasteiger partial charge >= 0.3 is 6.18 Å². The second-order valence-electron chi connectivity index (χ2n) is 6.94. The van der Waals surface area contributed by atoms with Crippen LogP contribution in [0.1, 0.15) is 40.7 Å². The van der Waals surface area contributed by atoms with E-state index in [0.717, 1.165) is 17.7 Å². The summed E-state index contributed by atoms with van der Waals surface area (Å²) in [4.78, 5) is 25.6. The van der Waals surface area contributed by atoms with Crippen LogP contribution in [0.25, 0.3) is 0 Å². The summed E-state index contributed by atoms with van der Waals surface area (Å²) in [5.74, 6) is -1.29. The Morgan fingerprint density at radius 1 is 0.871 bits per heavy atom. The van der Waals surface area contributed by atoms with E-state index in [-0.39, 0.29) is 22.8 Å². The van der Waals surface area contributed by atoms with E-state index in [1.165, 1.54) is 18.2 Å². The quantitative estimate of drug-likeness (QED) is 0.501. The number of rotatable bonds is 6. The molecular weight excluding hydrogens is 405 g/mol. The van der Waals surface area contributed by atoms with Crippen LogP contribution in [-0.4, -0.2) is 11.8 Å². The summed E-state index contributed by atoms with van der Waals surface area (Å²) in [5.41, 5.74) is 0.438. The highest BCUT2D eigenvalue weighted by Gasteiger charge is 2.30. The number of hydrogen-bond acceptors (Lipinski definition) is 2. The molecule has 0 saturated carbocycles. The van der Waals surface area contributed by atoms with Gasteiger partial charge in [0.25, 0.3) is 5.91 Å². The van der Waals surface area contributed by atoms with Crippen LogP contribution in [0.4, 0.5) is 24.5 Å². The molecule has 0 saturated heterocycles. The fourth-order valence-corrected chi connectivity index (χ4v) is 3.24. The minimum atomic E-state index is -4.51. The first-order valence-corrected chi connectivity index (χ1v) is 9.73. The van der Waals surface area contributed by atoms with Crippen LogP contribution < -0.4 is 10.6 Å². The van der Waals surface area contributed by atoms with Gasteiger partial charge < -0.3 is 10.6 Å². The molecule has 0 aromatic heterocycles. The molecule has 0 fully saturated rings. The molecule has 2 amide bonds. The summed E-state index contributed by atoms with van der Waals surface area (Å²) >= 11 is 0. The third-order valence-electron chi connectivity index (χ3n) is 4.80. The van der Waals surface area contributed by atoms with E-state index in [4.69, 9.17) is 0 Å². The van der Waals surface area contributed by atoms with E-state index in [2.05, 4.69) is 10.6 Å². The molecule has 1 atom stereocenters. The van der Waals surface area contributed by atoms with Crippen molar-refractivity contribution in [2.75, 3.05) is 10.6 Å². The number of hydrogen-bond donors (Lipinski definition) is 2. The van der Waals surface area contributed by atoms with Crippen LogP contribution in [0.15, 0.2) is 78.9 Å². The van der Waals surface area contributed by atoms with Crippen molar-refractivity contribution in [2.45, 2.75) is 25.4 Å². The topological polar surface area (TPSA) is 58.2 Å². The molecule has 0 spiro atoms. The zero-order valence-corrected chi connectivity index (χ0v) is 16.7. The lowest BCUT2D eigenvalue weighted by Crippen LogP contribution is -2.23. The van der Waals surface area contributed by atoms with Gasteiger partial charge in [-0.1, -0.05) is 55.5 Å². The third-order valence-corrected chi connectivity index (χ3v) is 4.80. The van der Waals surface area contributed by atoms with Gasteiger partial charge in [0.1, 0.15) is 0 Å². The lowest BCUT2D eigenvalue weighted by molar-refractivity contribution is -0.137. The molecular formula is C24H21F3N2O2. The van der Waals surface area contributed by atoms with Crippen molar-refractivity contribution < 1.29 is 22.8 Å². The van der Waals surface area contributed by atoms with Gasteiger partial charge in [-0.15, -0.1) is 0 Å². The standard InChI is InChI=1S/C24H21F3N2O2/c1-2-19(16-9-4-3-5-10-16)22(30)29-21-14-7-6-13-20(21)23(31)28-18-12-8-11-17(15-18)24(25,26)27/h3-15,19H,2H2,1H3,(H,28,31)(H,29,30)/t19-/m1/s1. The van der Waals surface area contributed by atoms with Crippen molar-refractivity contribution in [3.8, 4) is 0 Å². The Morgan fingerprint density at radius 2 is 1.55 bits per heavy atom. The number of alkyl halides is 3. The van der Waals surface area contributed by atoms with Crippen molar-refractivity contribution in [1.29, 1.82) is 0 Å². The maximum Gasteiger partial charge on any atom is 0.416 e. The lowest BCUT2D eigenvalue weighted by atomic mass is 9.95. The molecule has 4 nitrogen and oxygen atoms in total. The Labute approximate surface area is 178 Å². The van der Waals surface area contributed by atoms with Crippen molar-refractivity contribution in [2.24, 2.45) is 0 Å². The van der Waals surface area contributed by atoms with Crippen molar-refractivity contribution in [3.05, 3.63) is 95.6 Å². The smallest absolute Gasteiger partial charge is 0.325 e. The molecule has 3 rings (SSSR count). The number of halogens is 3. The fourth-order valence-electron chi connectivity index (χ4n) is 3.24. The minimum absolute atomic E-state index is 0.0108. The van der Waals surface area contributed by atoms with E-state index in [1.54, 1.807) is 18.2 Å². The second kappa shape index (κ2) is 9.47. The maximum atomic E-state index is 12.9. The van der Waals surface area contributed by atoms with Gasteiger partial charge in [-0.2, -0.15) is 13.2 Å². The van der Waals surface area contributed by atoms with Crippen LogP contribution in [0.3, 0.4) is 0 Å². The third kappa shape index (κ3) is 5.51. The first-order valence-electron chi connectivity index (χ1n) is 9.73. The highest BCUT2D eigenvalue weighted by Crippen LogP contribution is 2.31. The number of nitrogens with one attached hydrogen (secondary N) is 2. The molecule has 0 radical (unpaired) electrons. The number of amides is 2. The van der Waals surface area contributed by atoms with Crippen LogP contribution >= 0.6 is 0 Å². The Bertz CT molecular complexity index is 1070. The SMILES string of the molecule is CC[C@@H](C(=O)Nc1ccccc1C(=O)Nc1cccc(C(F)(F)F)c1)c1ccccc1. The summed E-state index contributed by atoms with van der Waals surface area (Å²) in [7, 11) is 0. The van der Waals surface area contributed by atoms with E-state index in [0.29, 0.717) is 6.42 Å². The molecule has 31 heavy (non-hydrogen) atoms. The van der Waals surface area contributed by atoms with Crippen LogP contribution in [0.5, 0.6) is 0 Å². The number of para-hydroxylation sites is 1. The molecule has 0 aliphatic rings. The van der Waals surface area contributed by atoms with Crippen molar-refractivity contribution >= 4 is 23.2 Å². The molecule has 3 aromatic carbocycles. The van der Waals surface area contributed by atoms with Crippen molar-refractivity contribution in [3.63, 3.8) is 0 Å². The minimum Gasteiger partial charge on any atom is -0.325 e. The second-order valence-corrected chi connectivity index (χ2v) is 6.94. The first-order chi connectivity index (χ1) is 14.8. The summed E-state index contributed by atoms with van der Waals surface area (Å²) < 4.78 is 38.8. The summed E-state index contributed by atoms with van der Waals surface area (Å²) in [6, 6.07) is 20.0. The lowest BCUT2D eigenvalue weighted by Gasteiger charge is -2.17. The molecule has 160 valence electrons. The molecule has 0 heterocycles. The zero-order chi connectivity index (χ0) is 22.4.